The lowest BCUT2D eigenvalue weighted by Crippen LogP contribution is -2.23. The first kappa shape index (κ1) is 6.40. The molecular weight excluding hydrogens is 192 g/mol. The van der Waals surface area contributed by atoms with Crippen molar-refractivity contribution in [3.8, 4) is 0 Å². The first-order chi connectivity index (χ1) is 8.32. The van der Waals surface area contributed by atoms with E-state index in [9.17, 15) is 9.59 Å². The highest BCUT2D eigenvalue weighted by atomic mass is 16.2. The van der Waals surface area contributed by atoms with Gasteiger partial charge in [-0.3, -0.25) is 9.59 Å². The molecule has 76 valence electrons. The van der Waals surface area contributed by atoms with Crippen molar-refractivity contribution in [3.05, 3.63) is 46.2 Å². The second kappa shape index (κ2) is 3.24. The molecule has 4 heteroatoms. The number of hydrogen-bond acceptors (Lipinski definition) is 2. The number of benzene rings is 1. The van der Waals surface area contributed by atoms with Gasteiger partial charge in [-0.25, -0.2) is 0 Å². The summed E-state index contributed by atoms with van der Waals surface area (Å²) >= 11 is 0. The van der Waals surface area contributed by atoms with Crippen LogP contribution < -0.4 is 11.2 Å². The Balaban J connectivity index is 2.99. The zero-order chi connectivity index (χ0) is 13.5. The summed E-state index contributed by atoms with van der Waals surface area (Å²) in [6.07, 6.45) is 0.986. The first-order valence-electron chi connectivity index (χ1n) is 5.77. The number of carbonyl (C=O) groups excluding carboxylic acids is 1. The lowest BCUT2D eigenvalue weighted by molar-refractivity contribution is 0.0999. The van der Waals surface area contributed by atoms with Crippen molar-refractivity contribution in [2.45, 2.75) is 0 Å². The van der Waals surface area contributed by atoms with Gasteiger partial charge in [-0.15, -0.1) is 0 Å². The fraction of sp³-hybridized carbons (Fsp3) is 0.0909. The van der Waals surface area contributed by atoms with Crippen LogP contribution >= 0.6 is 0 Å². The van der Waals surface area contributed by atoms with Crippen molar-refractivity contribution < 1.29 is 8.91 Å². The first-order valence-corrected chi connectivity index (χ1v) is 4.27. The number of hydrogen-bond donors (Lipinski definition) is 1. The monoisotopic (exact) mass is 205 g/mol. The van der Waals surface area contributed by atoms with Crippen molar-refractivity contribution in [1.82, 2.24) is 4.57 Å². The highest BCUT2D eigenvalue weighted by Gasteiger charge is 2.10. The highest BCUT2D eigenvalue weighted by molar-refractivity contribution is 5.96. The third-order valence-electron chi connectivity index (χ3n) is 2.18. The van der Waals surface area contributed by atoms with Gasteiger partial charge >= 0.3 is 0 Å². The van der Waals surface area contributed by atoms with E-state index in [1.807, 2.05) is 0 Å². The largest absolute Gasteiger partial charge is 0.365 e. The molecule has 0 atom stereocenters. The third kappa shape index (κ3) is 1.40. The van der Waals surface area contributed by atoms with Gasteiger partial charge in [-0.05, 0) is 12.1 Å². The van der Waals surface area contributed by atoms with Crippen molar-refractivity contribution in [2.24, 2.45) is 12.7 Å². The number of nitrogens with zero attached hydrogens (tertiary/aromatic N) is 1. The van der Waals surface area contributed by atoms with Crippen LogP contribution in [-0.2, 0) is 6.98 Å². The number of carbonyl (C=O) groups is 1. The molecule has 1 amide bonds. The number of aryl methyl sites for hydroxylation is 1. The molecular formula is C11H10N2O2. The van der Waals surface area contributed by atoms with Gasteiger partial charge < -0.3 is 10.3 Å². The topological polar surface area (TPSA) is 65.1 Å². The molecule has 0 unspecified atom stereocenters. The van der Waals surface area contributed by atoms with E-state index in [1.54, 1.807) is 12.1 Å². The number of aromatic nitrogens is 1. The van der Waals surface area contributed by atoms with E-state index in [0.29, 0.717) is 0 Å². The molecule has 2 rings (SSSR count). The van der Waals surface area contributed by atoms with Gasteiger partial charge in [-0.2, -0.15) is 0 Å². The summed E-state index contributed by atoms with van der Waals surface area (Å²) < 4.78 is 23.1. The summed E-state index contributed by atoms with van der Waals surface area (Å²) in [5, 5.41) is 0.157. The molecule has 0 aliphatic carbocycles. The number of rotatable bonds is 1. The van der Waals surface area contributed by atoms with E-state index in [-0.39, 0.29) is 16.5 Å². The van der Waals surface area contributed by atoms with E-state index >= 15 is 0 Å². The SMILES string of the molecule is [2H]C([2H])([2H])n1cc(C(N)=O)c(=O)c2ccccc21. The summed E-state index contributed by atoms with van der Waals surface area (Å²) in [4.78, 5) is 23.1. The molecule has 2 aromatic rings. The molecule has 1 aromatic carbocycles. The van der Waals surface area contributed by atoms with Crippen molar-refractivity contribution >= 4 is 16.8 Å². The second-order valence-corrected chi connectivity index (χ2v) is 3.12. The maximum absolute atomic E-state index is 12.0. The minimum atomic E-state index is -2.49. The minimum absolute atomic E-state index is 0.157. The summed E-state index contributed by atoms with van der Waals surface area (Å²) in [6.45, 7) is -2.49. The van der Waals surface area contributed by atoms with E-state index in [2.05, 4.69) is 0 Å². The molecule has 0 saturated carbocycles. The van der Waals surface area contributed by atoms with Crippen LogP contribution in [0.1, 0.15) is 14.5 Å². The van der Waals surface area contributed by atoms with Crippen LogP contribution in [0.15, 0.2) is 35.3 Å². The van der Waals surface area contributed by atoms with Gasteiger partial charge in [0, 0.05) is 22.7 Å². The standard InChI is InChI=1S/C11H10N2O2/c1-13-6-8(11(12)15)10(14)7-4-2-3-5-9(7)13/h2-6H,1H3,(H2,12,15)/i1D3. The van der Waals surface area contributed by atoms with Gasteiger partial charge in [0.05, 0.1) is 5.52 Å². The smallest absolute Gasteiger partial charge is 0.254 e. The molecule has 0 radical (unpaired) electrons. The zero-order valence-electron chi connectivity index (χ0n) is 10.7. The predicted octanol–water partition coefficient (Wildman–Crippen LogP) is 0.637. The summed E-state index contributed by atoms with van der Waals surface area (Å²) in [7, 11) is 0. The molecule has 1 aromatic heterocycles. The van der Waals surface area contributed by atoms with Gasteiger partial charge in [0.25, 0.3) is 5.91 Å². The quantitative estimate of drug-likeness (QED) is 0.742. The summed E-state index contributed by atoms with van der Waals surface area (Å²) in [5.74, 6) is -0.941. The fourth-order valence-electron chi connectivity index (χ4n) is 1.45. The molecule has 0 bridgehead atoms. The molecule has 2 N–H and O–H groups in total. The zero-order valence-corrected chi connectivity index (χ0v) is 7.73. The molecule has 0 fully saturated rings. The number of primary amides is 1. The highest BCUT2D eigenvalue weighted by Crippen LogP contribution is 2.09. The van der Waals surface area contributed by atoms with Gasteiger partial charge in [0.15, 0.2) is 0 Å². The van der Waals surface area contributed by atoms with Crippen LogP contribution in [0.25, 0.3) is 10.9 Å². The van der Waals surface area contributed by atoms with E-state index < -0.39 is 18.3 Å². The Bertz CT molecular complexity index is 689. The Kier molecular flexibility index (Phi) is 1.38. The summed E-state index contributed by atoms with van der Waals surface area (Å²) in [6, 6.07) is 6.19. The van der Waals surface area contributed by atoms with Gasteiger partial charge in [-0.1, -0.05) is 12.1 Å². The average Bonchev–Trinajstić information content (AvgIpc) is 2.27. The Morgan fingerprint density at radius 3 is 2.87 bits per heavy atom. The molecule has 0 spiro atoms. The number of nitrogens with two attached hydrogens (primary N) is 1. The number of para-hydroxylation sites is 1. The molecule has 4 nitrogen and oxygen atoms in total. The predicted molar refractivity (Wildman–Crippen MR) is 57.7 cm³/mol. The van der Waals surface area contributed by atoms with Crippen molar-refractivity contribution in [3.63, 3.8) is 0 Å². The van der Waals surface area contributed by atoms with Crippen LogP contribution in [0.5, 0.6) is 0 Å². The molecule has 0 aliphatic heterocycles. The van der Waals surface area contributed by atoms with Crippen molar-refractivity contribution in [2.75, 3.05) is 0 Å². The molecule has 0 saturated heterocycles. The maximum Gasteiger partial charge on any atom is 0.254 e. The third-order valence-corrected chi connectivity index (χ3v) is 2.18. The van der Waals surface area contributed by atoms with Crippen LogP contribution in [0.4, 0.5) is 0 Å². The van der Waals surface area contributed by atoms with E-state index in [1.165, 1.54) is 12.1 Å². The number of pyridine rings is 1. The maximum atomic E-state index is 12.0. The van der Waals surface area contributed by atoms with Crippen LogP contribution in [0, 0.1) is 0 Å². The minimum Gasteiger partial charge on any atom is -0.365 e. The number of fused-ring (bicyclic) bond motifs is 1. The van der Waals surface area contributed by atoms with E-state index in [4.69, 9.17) is 9.85 Å². The molecule has 15 heavy (non-hydrogen) atoms. The Hall–Kier alpha value is -2.10. The van der Waals surface area contributed by atoms with Crippen molar-refractivity contribution in [1.29, 1.82) is 0 Å². The van der Waals surface area contributed by atoms with Crippen LogP contribution in [0.3, 0.4) is 0 Å². The van der Waals surface area contributed by atoms with E-state index in [0.717, 1.165) is 10.8 Å². The fourth-order valence-corrected chi connectivity index (χ4v) is 1.45. The van der Waals surface area contributed by atoms with Crippen LogP contribution in [-0.4, -0.2) is 10.5 Å². The molecule has 0 aliphatic rings. The average molecular weight is 205 g/mol. The molecule has 1 heterocycles. The van der Waals surface area contributed by atoms with Gasteiger partial charge in [0.1, 0.15) is 5.56 Å². The normalized spacial score (nSPS) is 14.3. The lowest BCUT2D eigenvalue weighted by Gasteiger charge is -2.06. The van der Waals surface area contributed by atoms with Crippen LogP contribution in [0.2, 0.25) is 0 Å². The lowest BCUT2D eigenvalue weighted by atomic mass is 10.1. The Labute approximate surface area is 90.2 Å². The Morgan fingerprint density at radius 1 is 1.47 bits per heavy atom. The van der Waals surface area contributed by atoms with Gasteiger partial charge in [0.2, 0.25) is 5.43 Å². The second-order valence-electron chi connectivity index (χ2n) is 3.12. The summed E-state index contributed by atoms with van der Waals surface area (Å²) in [5.41, 5.74) is 4.44. The number of amides is 1. The Morgan fingerprint density at radius 2 is 2.20 bits per heavy atom.